The Labute approximate surface area is 181 Å². The van der Waals surface area contributed by atoms with Gasteiger partial charge in [-0.3, -0.25) is 14.6 Å². The van der Waals surface area contributed by atoms with Crippen molar-refractivity contribution in [1.29, 1.82) is 0 Å². The van der Waals surface area contributed by atoms with Crippen LogP contribution in [-0.4, -0.2) is 27.7 Å². The largest absolute Gasteiger partial charge is 0.350 e. The molecule has 1 atom stereocenters. The number of carbonyl (C=O) groups excluding carboxylic acids is 2. The average molecular weight is 422 g/mol. The molecule has 0 bridgehead atoms. The van der Waals surface area contributed by atoms with E-state index in [1.807, 2.05) is 54.6 Å². The first-order valence-electron chi connectivity index (χ1n) is 9.75. The molecule has 3 aromatic rings. The van der Waals surface area contributed by atoms with E-state index in [1.165, 1.54) is 6.92 Å². The predicted molar refractivity (Wildman–Crippen MR) is 118 cm³/mol. The van der Waals surface area contributed by atoms with E-state index in [0.29, 0.717) is 24.5 Å². The summed E-state index contributed by atoms with van der Waals surface area (Å²) in [5.74, 6) is -0.357. The van der Waals surface area contributed by atoms with Crippen LogP contribution in [0.4, 0.5) is 0 Å². The lowest BCUT2D eigenvalue weighted by Gasteiger charge is -2.30. The van der Waals surface area contributed by atoms with Crippen molar-refractivity contribution >= 4 is 23.4 Å². The molecule has 0 spiro atoms. The van der Waals surface area contributed by atoms with E-state index in [9.17, 15) is 9.59 Å². The number of nitrogens with one attached hydrogen (secondary N) is 1. The molecular formula is C24H24ClN3O2. The summed E-state index contributed by atoms with van der Waals surface area (Å²) in [6.07, 6.45) is 3.80. The zero-order valence-corrected chi connectivity index (χ0v) is 17.5. The van der Waals surface area contributed by atoms with Crippen molar-refractivity contribution in [1.82, 2.24) is 15.2 Å². The highest BCUT2D eigenvalue weighted by atomic mass is 35.5. The van der Waals surface area contributed by atoms with Gasteiger partial charge in [-0.15, -0.1) is 0 Å². The maximum absolute atomic E-state index is 13.2. The molecule has 0 aliphatic carbocycles. The Morgan fingerprint density at radius 3 is 2.23 bits per heavy atom. The van der Waals surface area contributed by atoms with Crippen LogP contribution in [0.2, 0.25) is 5.02 Å². The van der Waals surface area contributed by atoms with Crippen LogP contribution in [0.1, 0.15) is 23.6 Å². The van der Waals surface area contributed by atoms with Crippen molar-refractivity contribution in [2.45, 2.75) is 32.5 Å². The van der Waals surface area contributed by atoms with Crippen molar-refractivity contribution in [3.63, 3.8) is 0 Å². The summed E-state index contributed by atoms with van der Waals surface area (Å²) in [5, 5.41) is 3.60. The number of carbonyl (C=O) groups is 2. The Balaban J connectivity index is 1.82. The van der Waals surface area contributed by atoms with Crippen LogP contribution < -0.4 is 5.32 Å². The number of nitrogens with zero attached hydrogens (tertiary/aromatic N) is 2. The quantitative estimate of drug-likeness (QED) is 0.597. The van der Waals surface area contributed by atoms with Gasteiger partial charge in [0.2, 0.25) is 11.8 Å². The Kier molecular flexibility index (Phi) is 7.57. The summed E-state index contributed by atoms with van der Waals surface area (Å²) in [4.78, 5) is 31.3. The van der Waals surface area contributed by atoms with Gasteiger partial charge in [0.1, 0.15) is 6.04 Å². The third kappa shape index (κ3) is 6.16. The first-order chi connectivity index (χ1) is 14.5. The van der Waals surface area contributed by atoms with Gasteiger partial charge in [-0.05, 0) is 41.0 Å². The molecule has 0 fully saturated rings. The van der Waals surface area contributed by atoms with E-state index < -0.39 is 6.04 Å². The molecule has 0 unspecified atom stereocenters. The maximum atomic E-state index is 13.2. The molecule has 0 aliphatic rings. The molecule has 0 radical (unpaired) electrons. The number of hydrogen-bond donors (Lipinski definition) is 1. The van der Waals surface area contributed by atoms with Crippen molar-refractivity contribution < 1.29 is 9.59 Å². The molecule has 30 heavy (non-hydrogen) atoms. The van der Waals surface area contributed by atoms with Crippen molar-refractivity contribution in [2.75, 3.05) is 0 Å². The van der Waals surface area contributed by atoms with Gasteiger partial charge in [0.05, 0.1) is 0 Å². The summed E-state index contributed by atoms with van der Waals surface area (Å²) in [6, 6.07) is 20.1. The third-order valence-corrected chi connectivity index (χ3v) is 5.09. The van der Waals surface area contributed by atoms with Gasteiger partial charge in [0, 0.05) is 43.9 Å². The minimum absolute atomic E-state index is 0.162. The van der Waals surface area contributed by atoms with Gasteiger partial charge in [-0.25, -0.2) is 0 Å². The highest BCUT2D eigenvalue weighted by Crippen LogP contribution is 2.16. The first-order valence-corrected chi connectivity index (χ1v) is 10.1. The molecule has 1 aromatic heterocycles. The SMILES string of the molecule is CC(=O)N(Cc1ccc(Cl)cc1)[C@H](Cc1ccccc1)C(=O)NCc1ccncc1. The summed E-state index contributed by atoms with van der Waals surface area (Å²) < 4.78 is 0. The maximum Gasteiger partial charge on any atom is 0.243 e. The van der Waals surface area contributed by atoms with Gasteiger partial charge >= 0.3 is 0 Å². The average Bonchev–Trinajstić information content (AvgIpc) is 2.77. The molecule has 0 aliphatic heterocycles. The summed E-state index contributed by atoms with van der Waals surface area (Å²) in [6.45, 7) is 2.19. The summed E-state index contributed by atoms with van der Waals surface area (Å²) in [7, 11) is 0. The molecule has 154 valence electrons. The minimum Gasteiger partial charge on any atom is -0.350 e. The zero-order chi connectivity index (χ0) is 21.3. The van der Waals surface area contributed by atoms with Crippen molar-refractivity contribution in [2.24, 2.45) is 0 Å². The molecule has 1 heterocycles. The number of hydrogen-bond acceptors (Lipinski definition) is 3. The van der Waals surface area contributed by atoms with Crippen LogP contribution >= 0.6 is 11.6 Å². The van der Waals surface area contributed by atoms with Crippen molar-refractivity contribution in [3.05, 3.63) is 101 Å². The molecule has 5 nitrogen and oxygen atoms in total. The van der Waals surface area contributed by atoms with E-state index in [4.69, 9.17) is 11.6 Å². The second-order valence-corrected chi connectivity index (χ2v) is 7.49. The molecular weight excluding hydrogens is 398 g/mol. The minimum atomic E-state index is -0.637. The molecule has 2 aromatic carbocycles. The van der Waals surface area contributed by atoms with Crippen molar-refractivity contribution in [3.8, 4) is 0 Å². The van der Waals surface area contributed by atoms with E-state index >= 15 is 0 Å². The lowest BCUT2D eigenvalue weighted by molar-refractivity contribution is -0.139. The Morgan fingerprint density at radius 2 is 1.60 bits per heavy atom. The number of benzene rings is 2. The second kappa shape index (κ2) is 10.6. The predicted octanol–water partition coefficient (Wildman–Crippen LogP) is 4.01. The van der Waals surface area contributed by atoms with E-state index in [0.717, 1.165) is 16.7 Å². The Bertz CT molecular complexity index is 963. The number of halogens is 1. The number of pyridine rings is 1. The Hall–Kier alpha value is -3.18. The van der Waals surface area contributed by atoms with Crippen LogP contribution in [0.15, 0.2) is 79.1 Å². The van der Waals surface area contributed by atoms with Crippen LogP contribution in [0.3, 0.4) is 0 Å². The van der Waals surface area contributed by atoms with E-state index in [1.54, 1.807) is 29.4 Å². The number of rotatable bonds is 8. The lowest BCUT2D eigenvalue weighted by Crippen LogP contribution is -2.49. The van der Waals surface area contributed by atoms with Gasteiger partial charge in [0.15, 0.2) is 0 Å². The third-order valence-electron chi connectivity index (χ3n) is 4.84. The topological polar surface area (TPSA) is 62.3 Å². The van der Waals surface area contributed by atoms with Crippen LogP contribution in [0.25, 0.3) is 0 Å². The molecule has 0 saturated heterocycles. The van der Waals surface area contributed by atoms with E-state index in [2.05, 4.69) is 10.3 Å². The summed E-state index contributed by atoms with van der Waals surface area (Å²) in [5.41, 5.74) is 2.85. The van der Waals surface area contributed by atoms with Crippen LogP contribution in [-0.2, 0) is 29.1 Å². The smallest absolute Gasteiger partial charge is 0.243 e. The zero-order valence-electron chi connectivity index (χ0n) is 16.8. The molecule has 1 N–H and O–H groups in total. The Morgan fingerprint density at radius 1 is 0.933 bits per heavy atom. The first kappa shape index (κ1) is 21.5. The monoisotopic (exact) mass is 421 g/mol. The van der Waals surface area contributed by atoms with E-state index in [-0.39, 0.29) is 11.8 Å². The molecule has 0 saturated carbocycles. The van der Waals surface area contributed by atoms with Gasteiger partial charge in [-0.1, -0.05) is 54.1 Å². The standard InChI is InChI=1S/C24H24ClN3O2/c1-18(29)28(17-21-7-9-22(25)10-8-21)23(15-19-5-3-2-4-6-19)24(30)27-16-20-11-13-26-14-12-20/h2-14,23H,15-17H2,1H3,(H,27,30)/t23-/m1/s1. The number of aromatic nitrogens is 1. The fourth-order valence-electron chi connectivity index (χ4n) is 3.22. The fraction of sp³-hybridized carbons (Fsp3) is 0.208. The molecule has 2 amide bonds. The van der Waals surface area contributed by atoms with Gasteiger partial charge < -0.3 is 10.2 Å². The second-order valence-electron chi connectivity index (χ2n) is 7.05. The molecule has 6 heteroatoms. The highest BCUT2D eigenvalue weighted by Gasteiger charge is 2.28. The normalized spacial score (nSPS) is 11.5. The van der Waals surface area contributed by atoms with Crippen LogP contribution in [0.5, 0.6) is 0 Å². The van der Waals surface area contributed by atoms with Crippen LogP contribution in [0, 0.1) is 0 Å². The lowest BCUT2D eigenvalue weighted by atomic mass is 10.0. The molecule has 3 rings (SSSR count). The highest BCUT2D eigenvalue weighted by molar-refractivity contribution is 6.30. The van der Waals surface area contributed by atoms with Gasteiger partial charge in [-0.2, -0.15) is 0 Å². The van der Waals surface area contributed by atoms with Gasteiger partial charge in [0.25, 0.3) is 0 Å². The fourth-order valence-corrected chi connectivity index (χ4v) is 3.34. The summed E-state index contributed by atoms with van der Waals surface area (Å²) >= 11 is 5.98. The number of amides is 2.